The fourth-order valence-electron chi connectivity index (χ4n) is 2.53. The van der Waals surface area contributed by atoms with Crippen molar-refractivity contribution in [2.75, 3.05) is 12.0 Å². The van der Waals surface area contributed by atoms with Crippen molar-refractivity contribution in [2.24, 2.45) is 5.73 Å². The number of benzene rings is 1. The lowest BCUT2D eigenvalue weighted by Crippen LogP contribution is -2.19. The first-order chi connectivity index (χ1) is 9.85. The maximum atomic E-state index is 11.3. The van der Waals surface area contributed by atoms with E-state index in [1.807, 2.05) is 12.1 Å². The fourth-order valence-corrected chi connectivity index (χ4v) is 3.38. The van der Waals surface area contributed by atoms with Gasteiger partial charge in [0.1, 0.15) is 15.7 Å². The Balaban J connectivity index is 1.99. The summed E-state index contributed by atoms with van der Waals surface area (Å²) in [4.78, 5) is 4.60. The molecule has 1 atom stereocenters. The topological polar surface area (TPSA) is 78.0 Å². The number of fused-ring (bicyclic) bond motifs is 1. The molecule has 21 heavy (non-hydrogen) atoms. The number of hydrogen-bond donors (Lipinski definition) is 1. The molecule has 0 bridgehead atoms. The third kappa shape index (κ3) is 3.22. The molecule has 5 nitrogen and oxygen atoms in total. The van der Waals surface area contributed by atoms with E-state index in [0.717, 1.165) is 29.7 Å². The highest BCUT2D eigenvalue weighted by atomic mass is 35.5. The van der Waals surface area contributed by atoms with Gasteiger partial charge in [-0.3, -0.25) is 0 Å². The van der Waals surface area contributed by atoms with Gasteiger partial charge in [-0.05, 0) is 37.5 Å². The molecule has 0 spiro atoms. The number of sulfone groups is 1. The van der Waals surface area contributed by atoms with E-state index < -0.39 is 9.84 Å². The molecule has 1 fully saturated rings. The molecule has 0 aliphatic heterocycles. The summed E-state index contributed by atoms with van der Waals surface area (Å²) in [6.45, 7) is 0. The molecule has 0 amide bonds. The second-order valence-electron chi connectivity index (χ2n) is 5.73. The van der Waals surface area contributed by atoms with Gasteiger partial charge < -0.3 is 10.3 Å². The molecule has 1 heterocycles. The third-order valence-electron chi connectivity index (χ3n) is 3.72. The largest absolute Gasteiger partial charge is 0.323 e. The van der Waals surface area contributed by atoms with Gasteiger partial charge in [0.05, 0.1) is 22.8 Å². The minimum Gasteiger partial charge on any atom is -0.323 e. The number of rotatable bonds is 5. The summed E-state index contributed by atoms with van der Waals surface area (Å²) in [7, 11) is -3.02. The summed E-state index contributed by atoms with van der Waals surface area (Å²) in [5.41, 5.74) is 8.03. The molecule has 0 radical (unpaired) electrons. The highest BCUT2D eigenvalue weighted by Gasteiger charge is 2.30. The Labute approximate surface area is 129 Å². The molecule has 0 saturated heterocycles. The molecule has 7 heteroatoms. The van der Waals surface area contributed by atoms with Crippen LogP contribution in [0.2, 0.25) is 5.02 Å². The summed E-state index contributed by atoms with van der Waals surface area (Å²) in [5, 5.41) is 0.667. The molecule has 1 saturated carbocycles. The van der Waals surface area contributed by atoms with E-state index in [9.17, 15) is 8.42 Å². The van der Waals surface area contributed by atoms with Crippen LogP contribution in [0.15, 0.2) is 18.2 Å². The quantitative estimate of drug-likeness (QED) is 0.915. The van der Waals surface area contributed by atoms with Crippen molar-refractivity contribution in [3.05, 3.63) is 29.0 Å². The van der Waals surface area contributed by atoms with E-state index in [1.54, 1.807) is 6.07 Å². The molecule has 1 aliphatic rings. The maximum absolute atomic E-state index is 11.3. The van der Waals surface area contributed by atoms with Gasteiger partial charge in [0, 0.05) is 17.3 Å². The van der Waals surface area contributed by atoms with Gasteiger partial charge in [-0.15, -0.1) is 0 Å². The summed E-state index contributed by atoms with van der Waals surface area (Å²) >= 11 is 6.07. The number of nitrogens with two attached hydrogens (primary N) is 1. The molecule has 3 rings (SSSR count). The number of hydrogen-bond acceptors (Lipinski definition) is 4. The zero-order chi connectivity index (χ0) is 15.2. The van der Waals surface area contributed by atoms with Gasteiger partial charge in [-0.1, -0.05) is 11.6 Å². The van der Waals surface area contributed by atoms with Crippen LogP contribution in [0.1, 0.15) is 37.2 Å². The molecule has 1 aromatic heterocycles. The van der Waals surface area contributed by atoms with Crippen LogP contribution in [0.3, 0.4) is 0 Å². The summed E-state index contributed by atoms with van der Waals surface area (Å²) in [5.74, 6) is 0.835. The first kappa shape index (κ1) is 14.8. The van der Waals surface area contributed by atoms with Crippen LogP contribution in [-0.4, -0.2) is 30.0 Å². The zero-order valence-corrected chi connectivity index (χ0v) is 13.4. The average Bonchev–Trinajstić information content (AvgIpc) is 3.16. The average molecular weight is 328 g/mol. The predicted molar refractivity (Wildman–Crippen MR) is 84.3 cm³/mol. The highest BCUT2D eigenvalue weighted by Crippen LogP contribution is 2.40. The van der Waals surface area contributed by atoms with Crippen molar-refractivity contribution in [1.29, 1.82) is 0 Å². The van der Waals surface area contributed by atoms with Crippen LogP contribution in [0.25, 0.3) is 11.0 Å². The maximum Gasteiger partial charge on any atom is 0.147 e. The lowest BCUT2D eigenvalue weighted by molar-refractivity contribution is 0.570. The van der Waals surface area contributed by atoms with Crippen molar-refractivity contribution in [3.63, 3.8) is 0 Å². The number of nitrogens with zero attached hydrogens (tertiary/aromatic N) is 2. The van der Waals surface area contributed by atoms with E-state index in [4.69, 9.17) is 17.3 Å². The Morgan fingerprint density at radius 2 is 2.19 bits per heavy atom. The standard InChI is InChI=1S/C14H18ClN3O2S/c1-21(19,20)7-6-11(16)14-17-12-5-2-9(15)8-13(12)18(14)10-3-4-10/h2,5,8,10-11H,3-4,6-7,16H2,1H3. The van der Waals surface area contributed by atoms with Crippen molar-refractivity contribution in [2.45, 2.75) is 31.3 Å². The van der Waals surface area contributed by atoms with Crippen molar-refractivity contribution in [1.82, 2.24) is 9.55 Å². The fraction of sp³-hybridized carbons (Fsp3) is 0.500. The van der Waals surface area contributed by atoms with Crippen molar-refractivity contribution >= 4 is 32.5 Å². The summed E-state index contributed by atoms with van der Waals surface area (Å²) in [6.07, 6.45) is 3.81. The molecule has 1 aliphatic carbocycles. The first-order valence-electron chi connectivity index (χ1n) is 6.96. The van der Waals surface area contributed by atoms with Crippen LogP contribution in [0.5, 0.6) is 0 Å². The normalized spacial score (nSPS) is 17.3. The molecular formula is C14H18ClN3O2S. The van der Waals surface area contributed by atoms with E-state index in [0.29, 0.717) is 17.5 Å². The summed E-state index contributed by atoms with van der Waals surface area (Å²) in [6, 6.07) is 5.61. The smallest absolute Gasteiger partial charge is 0.147 e. The Bertz CT molecular complexity index is 781. The lowest BCUT2D eigenvalue weighted by Gasteiger charge is -2.13. The number of halogens is 1. The third-order valence-corrected chi connectivity index (χ3v) is 4.93. The number of imidazole rings is 1. The van der Waals surface area contributed by atoms with Gasteiger partial charge in [0.15, 0.2) is 0 Å². The van der Waals surface area contributed by atoms with Crippen LogP contribution in [-0.2, 0) is 9.84 Å². The second-order valence-corrected chi connectivity index (χ2v) is 8.43. The molecule has 1 aromatic carbocycles. The Kier molecular flexibility index (Phi) is 3.71. The minimum atomic E-state index is -3.02. The van der Waals surface area contributed by atoms with Crippen molar-refractivity contribution < 1.29 is 8.42 Å². The SMILES string of the molecule is CS(=O)(=O)CCC(N)c1nc2ccc(Cl)cc2n1C1CC1. The van der Waals surface area contributed by atoms with Gasteiger partial charge in [-0.25, -0.2) is 13.4 Å². The summed E-state index contributed by atoms with van der Waals surface area (Å²) < 4.78 is 24.8. The van der Waals surface area contributed by atoms with Gasteiger partial charge in [0.25, 0.3) is 0 Å². The van der Waals surface area contributed by atoms with E-state index in [-0.39, 0.29) is 11.8 Å². The second kappa shape index (κ2) is 5.26. The van der Waals surface area contributed by atoms with Crippen LogP contribution in [0, 0.1) is 0 Å². The molecule has 2 aromatic rings. The lowest BCUT2D eigenvalue weighted by atomic mass is 10.2. The molecule has 2 N–H and O–H groups in total. The Morgan fingerprint density at radius 1 is 1.48 bits per heavy atom. The minimum absolute atomic E-state index is 0.0722. The Morgan fingerprint density at radius 3 is 2.81 bits per heavy atom. The Hall–Kier alpha value is -1.11. The van der Waals surface area contributed by atoms with Crippen LogP contribution < -0.4 is 5.73 Å². The van der Waals surface area contributed by atoms with E-state index >= 15 is 0 Å². The predicted octanol–water partition coefficient (Wildman–Crippen LogP) is 2.46. The van der Waals surface area contributed by atoms with E-state index in [2.05, 4.69) is 9.55 Å². The zero-order valence-electron chi connectivity index (χ0n) is 11.8. The van der Waals surface area contributed by atoms with E-state index in [1.165, 1.54) is 6.26 Å². The molecular weight excluding hydrogens is 310 g/mol. The van der Waals surface area contributed by atoms with Crippen molar-refractivity contribution in [3.8, 4) is 0 Å². The monoisotopic (exact) mass is 327 g/mol. The highest BCUT2D eigenvalue weighted by molar-refractivity contribution is 7.90. The first-order valence-corrected chi connectivity index (χ1v) is 9.40. The molecule has 114 valence electrons. The van der Waals surface area contributed by atoms with Crippen LogP contribution in [0.4, 0.5) is 0 Å². The van der Waals surface area contributed by atoms with Crippen LogP contribution >= 0.6 is 11.6 Å². The van der Waals surface area contributed by atoms with Gasteiger partial charge >= 0.3 is 0 Å². The number of aromatic nitrogens is 2. The van der Waals surface area contributed by atoms with Gasteiger partial charge in [0.2, 0.25) is 0 Å². The van der Waals surface area contributed by atoms with Gasteiger partial charge in [-0.2, -0.15) is 0 Å². The molecule has 1 unspecified atom stereocenters.